The molecule has 2 aromatic carbocycles. The van der Waals surface area contributed by atoms with Crippen molar-refractivity contribution in [3.63, 3.8) is 0 Å². The van der Waals surface area contributed by atoms with Gasteiger partial charge in [-0.2, -0.15) is 0 Å². The molecule has 0 atom stereocenters. The number of hydrogen-bond donors (Lipinski definition) is 0. The predicted molar refractivity (Wildman–Crippen MR) is 109 cm³/mol. The van der Waals surface area contributed by atoms with Gasteiger partial charge in [-0.1, -0.05) is 38.1 Å². The van der Waals surface area contributed by atoms with Crippen LogP contribution < -0.4 is 4.74 Å². The van der Waals surface area contributed by atoms with Gasteiger partial charge >= 0.3 is 0 Å². The van der Waals surface area contributed by atoms with Crippen molar-refractivity contribution in [3.8, 4) is 17.1 Å². The van der Waals surface area contributed by atoms with Gasteiger partial charge in [-0.3, -0.25) is 4.79 Å². The summed E-state index contributed by atoms with van der Waals surface area (Å²) in [4.78, 5) is 19.7. The Labute approximate surface area is 160 Å². The molecule has 3 rings (SSSR count). The van der Waals surface area contributed by atoms with E-state index >= 15 is 0 Å². The molecule has 5 heteroatoms. The van der Waals surface area contributed by atoms with Crippen LogP contribution in [-0.4, -0.2) is 40.6 Å². The van der Waals surface area contributed by atoms with E-state index in [1.165, 1.54) is 0 Å². The van der Waals surface area contributed by atoms with Crippen molar-refractivity contribution >= 4 is 16.9 Å². The molecule has 0 bridgehead atoms. The summed E-state index contributed by atoms with van der Waals surface area (Å²) in [5, 5.41) is 0. The molecule has 1 heterocycles. The molecule has 0 spiro atoms. The molecule has 1 amide bonds. The van der Waals surface area contributed by atoms with E-state index in [9.17, 15) is 4.79 Å². The van der Waals surface area contributed by atoms with Gasteiger partial charge in [-0.15, -0.1) is 0 Å². The van der Waals surface area contributed by atoms with E-state index < -0.39 is 0 Å². The molecule has 27 heavy (non-hydrogen) atoms. The first kappa shape index (κ1) is 19.0. The Bertz CT molecular complexity index is 911. The van der Waals surface area contributed by atoms with Crippen LogP contribution in [0, 0.1) is 0 Å². The molecule has 0 N–H and O–H groups in total. The summed E-state index contributed by atoms with van der Waals surface area (Å²) in [5.74, 6) is 1.69. The summed E-state index contributed by atoms with van der Waals surface area (Å²) in [6.07, 6.45) is 1.91. The van der Waals surface area contributed by atoms with Crippen molar-refractivity contribution in [1.82, 2.24) is 14.5 Å². The van der Waals surface area contributed by atoms with E-state index in [0.717, 1.165) is 54.1 Å². The molecule has 0 fully saturated rings. The van der Waals surface area contributed by atoms with Crippen LogP contribution in [0.2, 0.25) is 0 Å². The lowest BCUT2D eigenvalue weighted by atomic mass is 10.2. The number of ether oxygens (including phenoxy) is 1. The molecule has 3 aromatic rings. The number of nitrogens with zero attached hydrogens (tertiary/aromatic N) is 3. The lowest BCUT2D eigenvalue weighted by molar-refractivity contribution is -0.131. The monoisotopic (exact) mass is 365 g/mol. The maximum absolute atomic E-state index is 13.0. The van der Waals surface area contributed by atoms with E-state index in [1.807, 2.05) is 58.0 Å². The number of hydrogen-bond acceptors (Lipinski definition) is 3. The molecule has 0 saturated heterocycles. The van der Waals surface area contributed by atoms with Gasteiger partial charge in [0.05, 0.1) is 18.1 Å². The molecule has 0 aliphatic carbocycles. The third-order valence-corrected chi connectivity index (χ3v) is 4.62. The number of aromatic nitrogens is 2. The molecule has 0 radical (unpaired) electrons. The van der Waals surface area contributed by atoms with Crippen molar-refractivity contribution < 1.29 is 9.53 Å². The van der Waals surface area contributed by atoms with Gasteiger partial charge in [0.1, 0.15) is 18.1 Å². The number of para-hydroxylation sites is 2. The average molecular weight is 365 g/mol. The molecule has 0 saturated carbocycles. The zero-order valence-corrected chi connectivity index (χ0v) is 16.3. The molecule has 0 aliphatic heterocycles. The Kier molecular flexibility index (Phi) is 6.12. The fourth-order valence-corrected chi connectivity index (χ4v) is 3.35. The lowest BCUT2D eigenvalue weighted by Gasteiger charge is -2.22. The van der Waals surface area contributed by atoms with Crippen LogP contribution in [0.3, 0.4) is 0 Å². The van der Waals surface area contributed by atoms with Gasteiger partial charge in [-0.05, 0) is 37.1 Å². The second-order valence-electron chi connectivity index (χ2n) is 6.62. The number of amides is 1. The Hall–Kier alpha value is -2.82. The first-order valence-corrected chi connectivity index (χ1v) is 9.55. The van der Waals surface area contributed by atoms with Crippen LogP contribution in [0.15, 0.2) is 48.5 Å². The Morgan fingerprint density at radius 3 is 2.52 bits per heavy atom. The summed E-state index contributed by atoms with van der Waals surface area (Å²) in [5.41, 5.74) is 2.80. The highest BCUT2D eigenvalue weighted by atomic mass is 16.5. The Balaban J connectivity index is 2.03. The van der Waals surface area contributed by atoms with Gasteiger partial charge in [0, 0.05) is 18.7 Å². The highest BCUT2D eigenvalue weighted by molar-refractivity contribution is 5.84. The topological polar surface area (TPSA) is 47.4 Å². The van der Waals surface area contributed by atoms with Gasteiger partial charge in [0.25, 0.3) is 0 Å². The van der Waals surface area contributed by atoms with Crippen LogP contribution >= 0.6 is 0 Å². The standard InChI is InChI=1S/C22H27N3O2/c1-4-13-24(14-5-2)21(26)16-25-20-12-7-6-11-19(20)23-22(25)17-9-8-10-18(15-17)27-3/h6-12,15H,4-5,13-14,16H2,1-3H3. The van der Waals surface area contributed by atoms with Crippen molar-refractivity contribution in [2.45, 2.75) is 33.2 Å². The third kappa shape index (κ3) is 4.13. The zero-order valence-electron chi connectivity index (χ0n) is 16.3. The van der Waals surface area contributed by atoms with E-state index in [4.69, 9.17) is 9.72 Å². The minimum absolute atomic E-state index is 0.131. The fraction of sp³-hybridized carbons (Fsp3) is 0.364. The van der Waals surface area contributed by atoms with Crippen LogP contribution in [0.25, 0.3) is 22.4 Å². The number of carbonyl (C=O) groups is 1. The Morgan fingerprint density at radius 1 is 1.07 bits per heavy atom. The van der Waals surface area contributed by atoms with Crippen LogP contribution in [0.5, 0.6) is 5.75 Å². The normalized spacial score (nSPS) is 10.9. The SMILES string of the molecule is CCCN(CCC)C(=O)Cn1c(-c2cccc(OC)c2)nc2ccccc21. The largest absolute Gasteiger partial charge is 0.497 e. The summed E-state index contributed by atoms with van der Waals surface area (Å²) in [6, 6.07) is 15.8. The second kappa shape index (κ2) is 8.71. The Morgan fingerprint density at radius 2 is 1.81 bits per heavy atom. The highest BCUT2D eigenvalue weighted by Crippen LogP contribution is 2.27. The summed E-state index contributed by atoms with van der Waals surface area (Å²) in [7, 11) is 1.65. The van der Waals surface area contributed by atoms with Crippen molar-refractivity contribution in [3.05, 3.63) is 48.5 Å². The molecular formula is C22H27N3O2. The van der Waals surface area contributed by atoms with Crippen molar-refractivity contribution in [1.29, 1.82) is 0 Å². The smallest absolute Gasteiger partial charge is 0.242 e. The fourth-order valence-electron chi connectivity index (χ4n) is 3.35. The number of carbonyl (C=O) groups excluding carboxylic acids is 1. The maximum Gasteiger partial charge on any atom is 0.242 e. The third-order valence-electron chi connectivity index (χ3n) is 4.62. The average Bonchev–Trinajstić information content (AvgIpc) is 3.06. The van der Waals surface area contributed by atoms with Gasteiger partial charge in [-0.25, -0.2) is 4.98 Å². The number of rotatable bonds is 8. The molecule has 0 unspecified atom stereocenters. The molecular weight excluding hydrogens is 338 g/mol. The number of methoxy groups -OCH3 is 1. The minimum Gasteiger partial charge on any atom is -0.497 e. The van der Waals surface area contributed by atoms with Crippen molar-refractivity contribution in [2.24, 2.45) is 0 Å². The number of fused-ring (bicyclic) bond motifs is 1. The summed E-state index contributed by atoms with van der Waals surface area (Å²) >= 11 is 0. The zero-order chi connectivity index (χ0) is 19.2. The first-order valence-electron chi connectivity index (χ1n) is 9.55. The van der Waals surface area contributed by atoms with Crippen molar-refractivity contribution in [2.75, 3.05) is 20.2 Å². The quantitative estimate of drug-likeness (QED) is 0.596. The van der Waals surface area contributed by atoms with Gasteiger partial charge < -0.3 is 14.2 Å². The lowest BCUT2D eigenvalue weighted by Crippen LogP contribution is -2.35. The van der Waals surface area contributed by atoms with E-state index in [-0.39, 0.29) is 12.5 Å². The molecule has 142 valence electrons. The van der Waals surface area contributed by atoms with E-state index in [2.05, 4.69) is 13.8 Å². The van der Waals surface area contributed by atoms with Gasteiger partial charge in [0.2, 0.25) is 5.91 Å². The van der Waals surface area contributed by atoms with Gasteiger partial charge in [0.15, 0.2) is 0 Å². The molecule has 1 aromatic heterocycles. The highest BCUT2D eigenvalue weighted by Gasteiger charge is 2.18. The maximum atomic E-state index is 13.0. The molecule has 0 aliphatic rings. The number of benzene rings is 2. The first-order chi connectivity index (χ1) is 13.2. The van der Waals surface area contributed by atoms with Crippen LogP contribution in [-0.2, 0) is 11.3 Å². The number of imidazole rings is 1. The van der Waals surface area contributed by atoms with Crippen LogP contribution in [0.1, 0.15) is 26.7 Å². The summed E-state index contributed by atoms with van der Waals surface area (Å²) < 4.78 is 7.38. The minimum atomic E-state index is 0.131. The van der Waals surface area contributed by atoms with E-state index in [1.54, 1.807) is 7.11 Å². The van der Waals surface area contributed by atoms with E-state index in [0.29, 0.717) is 0 Å². The second-order valence-corrected chi connectivity index (χ2v) is 6.62. The van der Waals surface area contributed by atoms with Crippen LogP contribution in [0.4, 0.5) is 0 Å². The predicted octanol–water partition coefficient (Wildman–Crippen LogP) is 4.36. The summed E-state index contributed by atoms with van der Waals surface area (Å²) in [6.45, 7) is 6.06. The molecule has 5 nitrogen and oxygen atoms in total.